The zero-order chi connectivity index (χ0) is 14.7. The molecule has 7 nitrogen and oxygen atoms in total. The highest BCUT2D eigenvalue weighted by atomic mass is 16.6. The van der Waals surface area contributed by atoms with E-state index in [0.717, 1.165) is 13.1 Å². The topological polar surface area (TPSA) is 82.7 Å². The molecule has 0 saturated carbocycles. The van der Waals surface area contributed by atoms with Gasteiger partial charge in [-0.15, -0.1) is 0 Å². The summed E-state index contributed by atoms with van der Waals surface area (Å²) in [6.07, 6.45) is 1.22. The van der Waals surface area contributed by atoms with Gasteiger partial charge in [0.25, 0.3) is 0 Å². The van der Waals surface area contributed by atoms with Gasteiger partial charge in [0.2, 0.25) is 5.82 Å². The average molecular weight is 280 g/mol. The third-order valence-electron chi connectivity index (χ3n) is 3.47. The van der Waals surface area contributed by atoms with Crippen LogP contribution in [0.3, 0.4) is 0 Å². The Bertz CT molecular complexity index is 480. The maximum Gasteiger partial charge on any atom is 0.311 e. The summed E-state index contributed by atoms with van der Waals surface area (Å²) in [5.41, 5.74) is 0.0447. The fourth-order valence-corrected chi connectivity index (χ4v) is 2.64. The van der Waals surface area contributed by atoms with Crippen LogP contribution in [0.5, 0.6) is 0 Å². The van der Waals surface area contributed by atoms with Crippen LogP contribution in [0.25, 0.3) is 0 Å². The molecule has 0 bridgehead atoms. The molecule has 1 aromatic heterocycles. The van der Waals surface area contributed by atoms with E-state index in [1.54, 1.807) is 19.2 Å². The number of hydrogen-bond donors (Lipinski definition) is 1. The van der Waals surface area contributed by atoms with Gasteiger partial charge in [-0.05, 0) is 19.9 Å². The minimum Gasteiger partial charge on any atom is -0.392 e. The van der Waals surface area contributed by atoms with E-state index in [0.29, 0.717) is 18.9 Å². The lowest BCUT2D eigenvalue weighted by atomic mass is 10.1. The van der Waals surface area contributed by atoms with Crippen LogP contribution in [0.2, 0.25) is 0 Å². The summed E-state index contributed by atoms with van der Waals surface area (Å²) in [7, 11) is 0. The third kappa shape index (κ3) is 3.23. The number of nitrogens with zero attached hydrogens (tertiary/aromatic N) is 4. The van der Waals surface area contributed by atoms with Gasteiger partial charge in [-0.2, -0.15) is 0 Å². The summed E-state index contributed by atoms with van der Waals surface area (Å²) in [5, 5.41) is 20.5. The summed E-state index contributed by atoms with van der Waals surface area (Å²) in [4.78, 5) is 19.0. The first-order chi connectivity index (χ1) is 9.49. The molecule has 0 aromatic carbocycles. The monoisotopic (exact) mass is 280 g/mol. The second kappa shape index (κ2) is 6.15. The van der Waals surface area contributed by atoms with Crippen molar-refractivity contribution < 1.29 is 10.0 Å². The molecule has 2 atom stereocenters. The van der Waals surface area contributed by atoms with Crippen molar-refractivity contribution in [2.45, 2.75) is 26.0 Å². The average Bonchev–Trinajstić information content (AvgIpc) is 2.38. The van der Waals surface area contributed by atoms with E-state index in [9.17, 15) is 15.2 Å². The largest absolute Gasteiger partial charge is 0.392 e. The van der Waals surface area contributed by atoms with Crippen molar-refractivity contribution >= 4 is 11.5 Å². The van der Waals surface area contributed by atoms with Crippen LogP contribution in [0.1, 0.15) is 13.8 Å². The van der Waals surface area contributed by atoms with Gasteiger partial charge in [-0.3, -0.25) is 15.0 Å². The van der Waals surface area contributed by atoms with Crippen LogP contribution in [0, 0.1) is 10.1 Å². The third-order valence-corrected chi connectivity index (χ3v) is 3.47. The Morgan fingerprint density at radius 2 is 2.35 bits per heavy atom. The summed E-state index contributed by atoms with van der Waals surface area (Å²) in [6.45, 7) is 6.61. The molecule has 2 rings (SSSR count). The van der Waals surface area contributed by atoms with Crippen LogP contribution in [0.15, 0.2) is 18.3 Å². The number of aliphatic hydroxyl groups is 1. The molecule has 2 unspecified atom stereocenters. The first kappa shape index (κ1) is 14.7. The van der Waals surface area contributed by atoms with Crippen molar-refractivity contribution in [3.63, 3.8) is 0 Å². The normalized spacial score (nSPS) is 21.8. The lowest BCUT2D eigenvalue weighted by Crippen LogP contribution is -2.53. The van der Waals surface area contributed by atoms with E-state index in [1.165, 1.54) is 6.07 Å². The van der Waals surface area contributed by atoms with Gasteiger partial charge in [0.05, 0.1) is 11.0 Å². The molecule has 1 N–H and O–H groups in total. The molecular weight excluding hydrogens is 260 g/mol. The fourth-order valence-electron chi connectivity index (χ4n) is 2.64. The highest BCUT2D eigenvalue weighted by Crippen LogP contribution is 2.27. The lowest BCUT2D eigenvalue weighted by Gasteiger charge is -2.40. The number of aliphatic hydroxyl groups excluding tert-OH is 1. The van der Waals surface area contributed by atoms with E-state index in [-0.39, 0.29) is 17.8 Å². The van der Waals surface area contributed by atoms with Gasteiger partial charge in [-0.25, -0.2) is 4.98 Å². The van der Waals surface area contributed by atoms with Crippen molar-refractivity contribution in [1.82, 2.24) is 9.88 Å². The summed E-state index contributed by atoms with van der Waals surface area (Å²) in [5.74, 6) is 0.432. The summed E-state index contributed by atoms with van der Waals surface area (Å²) < 4.78 is 0. The molecule has 1 saturated heterocycles. The number of rotatable bonds is 4. The van der Waals surface area contributed by atoms with Crippen molar-refractivity contribution in [2.75, 3.05) is 31.1 Å². The SMILES string of the molecule is CC(O)CN1CCN(c2ncccc2[N+](=O)[O-])C(C)C1. The van der Waals surface area contributed by atoms with Crippen LogP contribution >= 0.6 is 0 Å². The molecule has 0 amide bonds. The minimum absolute atomic E-state index is 0.0447. The Kier molecular flexibility index (Phi) is 4.51. The predicted molar refractivity (Wildman–Crippen MR) is 75.8 cm³/mol. The molecule has 1 aromatic rings. The Morgan fingerprint density at radius 1 is 1.60 bits per heavy atom. The van der Waals surface area contributed by atoms with E-state index in [1.807, 2.05) is 11.8 Å². The number of nitro groups is 1. The molecule has 0 aliphatic carbocycles. The number of hydrogen-bond acceptors (Lipinski definition) is 6. The fraction of sp³-hybridized carbons (Fsp3) is 0.615. The highest BCUT2D eigenvalue weighted by Gasteiger charge is 2.29. The van der Waals surface area contributed by atoms with Gasteiger partial charge in [0.1, 0.15) is 0 Å². The Labute approximate surface area is 118 Å². The van der Waals surface area contributed by atoms with Gasteiger partial charge >= 0.3 is 5.69 Å². The zero-order valence-electron chi connectivity index (χ0n) is 11.8. The van der Waals surface area contributed by atoms with Crippen molar-refractivity contribution in [2.24, 2.45) is 0 Å². The summed E-state index contributed by atoms with van der Waals surface area (Å²) >= 11 is 0. The molecule has 1 aliphatic heterocycles. The molecule has 1 fully saturated rings. The predicted octanol–water partition coefficient (Wildman–Crippen LogP) is 0.881. The number of aromatic nitrogens is 1. The number of anilines is 1. The Morgan fingerprint density at radius 3 is 2.95 bits per heavy atom. The second-order valence-electron chi connectivity index (χ2n) is 5.25. The zero-order valence-corrected chi connectivity index (χ0v) is 11.8. The maximum atomic E-state index is 11.1. The summed E-state index contributed by atoms with van der Waals surface area (Å²) in [6, 6.07) is 3.18. The second-order valence-corrected chi connectivity index (χ2v) is 5.25. The van der Waals surface area contributed by atoms with Gasteiger partial charge < -0.3 is 10.0 Å². The minimum atomic E-state index is -0.392. The Hall–Kier alpha value is -1.73. The van der Waals surface area contributed by atoms with Crippen LogP contribution in [0.4, 0.5) is 11.5 Å². The molecule has 20 heavy (non-hydrogen) atoms. The van der Waals surface area contributed by atoms with E-state index >= 15 is 0 Å². The molecule has 7 heteroatoms. The van der Waals surface area contributed by atoms with Crippen LogP contribution < -0.4 is 4.90 Å². The Balaban J connectivity index is 2.14. The van der Waals surface area contributed by atoms with Gasteiger partial charge in [-0.1, -0.05) is 0 Å². The van der Waals surface area contributed by atoms with E-state index < -0.39 is 4.92 Å². The lowest BCUT2D eigenvalue weighted by molar-refractivity contribution is -0.384. The number of piperazine rings is 1. The van der Waals surface area contributed by atoms with Crippen molar-refractivity contribution in [1.29, 1.82) is 0 Å². The number of β-amino-alcohol motifs (C(OH)–C–C–N with tert-alkyl or cyclic N) is 1. The quantitative estimate of drug-likeness (QED) is 0.651. The first-order valence-corrected chi connectivity index (χ1v) is 6.75. The molecule has 0 radical (unpaired) electrons. The molecule has 110 valence electrons. The van der Waals surface area contributed by atoms with E-state index in [4.69, 9.17) is 0 Å². The van der Waals surface area contributed by atoms with Crippen LogP contribution in [-0.2, 0) is 0 Å². The smallest absolute Gasteiger partial charge is 0.311 e. The van der Waals surface area contributed by atoms with E-state index in [2.05, 4.69) is 9.88 Å². The van der Waals surface area contributed by atoms with Crippen molar-refractivity contribution in [3.8, 4) is 0 Å². The first-order valence-electron chi connectivity index (χ1n) is 6.75. The van der Waals surface area contributed by atoms with Crippen molar-refractivity contribution in [3.05, 3.63) is 28.4 Å². The standard InChI is InChI=1S/C13H20N4O3/c1-10-8-15(9-11(2)18)6-7-16(10)13-12(17(19)20)4-3-5-14-13/h3-5,10-11,18H,6-9H2,1-2H3. The molecule has 2 heterocycles. The molecule has 0 spiro atoms. The highest BCUT2D eigenvalue weighted by molar-refractivity contribution is 5.58. The van der Waals surface area contributed by atoms with Gasteiger partial charge in [0, 0.05) is 44.5 Å². The molecule has 1 aliphatic rings. The maximum absolute atomic E-state index is 11.1. The molecular formula is C13H20N4O3. The van der Waals surface area contributed by atoms with Gasteiger partial charge in [0.15, 0.2) is 0 Å². The van der Waals surface area contributed by atoms with Crippen LogP contribution in [-0.4, -0.2) is 58.2 Å². The number of pyridine rings is 1.